The number of carbonyl (C=O) groups excluding carboxylic acids is 1. The minimum absolute atomic E-state index is 0.0184. The molecule has 1 aliphatic rings. The number of fused-ring (bicyclic) bond motifs is 1. The van der Waals surface area contributed by atoms with Gasteiger partial charge in [-0.25, -0.2) is 0 Å². The Kier molecular flexibility index (Phi) is 4.73. The van der Waals surface area contributed by atoms with Crippen LogP contribution in [0.25, 0.3) is 0 Å². The van der Waals surface area contributed by atoms with Crippen LogP contribution in [0, 0.1) is 0 Å². The maximum Gasteiger partial charge on any atom is 0.227 e. The fraction of sp³-hybridized carbons (Fsp3) is 0.500. The van der Waals surface area contributed by atoms with E-state index in [4.69, 9.17) is 9.84 Å². The third-order valence-corrected chi connectivity index (χ3v) is 3.12. The number of hydrogen-bond donors (Lipinski definition) is 1. The first-order valence-electron chi connectivity index (χ1n) is 6.40. The number of hydrogen-bond acceptors (Lipinski definition) is 3. The van der Waals surface area contributed by atoms with Crippen molar-refractivity contribution in [3.05, 3.63) is 29.8 Å². The standard InChI is InChI=1S/C14H19NO3/c16-9-11-18-10-8-15-13-6-2-1-4-12(13)5-3-7-14(15)17/h1-2,4,6,16H,3,5,7-11H2. The van der Waals surface area contributed by atoms with Crippen LogP contribution in [-0.4, -0.2) is 37.4 Å². The molecule has 98 valence electrons. The molecular formula is C14H19NO3. The van der Waals surface area contributed by atoms with Gasteiger partial charge in [0.1, 0.15) is 0 Å². The number of aryl methyl sites for hydroxylation is 1. The molecule has 18 heavy (non-hydrogen) atoms. The third kappa shape index (κ3) is 3.09. The number of benzene rings is 1. The summed E-state index contributed by atoms with van der Waals surface area (Å²) in [6.07, 6.45) is 2.45. The maximum absolute atomic E-state index is 12.1. The average molecular weight is 249 g/mol. The summed E-state index contributed by atoms with van der Waals surface area (Å²) < 4.78 is 5.25. The predicted molar refractivity (Wildman–Crippen MR) is 69.6 cm³/mol. The van der Waals surface area contributed by atoms with Crippen molar-refractivity contribution >= 4 is 11.6 Å². The third-order valence-electron chi connectivity index (χ3n) is 3.12. The molecule has 1 aromatic carbocycles. The van der Waals surface area contributed by atoms with Gasteiger partial charge in [-0.3, -0.25) is 4.79 Å². The topological polar surface area (TPSA) is 49.8 Å². The van der Waals surface area contributed by atoms with Crippen molar-refractivity contribution in [2.45, 2.75) is 19.3 Å². The average Bonchev–Trinajstić information content (AvgIpc) is 2.54. The summed E-state index contributed by atoms with van der Waals surface area (Å²) in [5.41, 5.74) is 2.23. The molecule has 1 amide bonds. The summed E-state index contributed by atoms with van der Waals surface area (Å²) in [5, 5.41) is 8.65. The molecule has 0 aliphatic carbocycles. The molecule has 1 aromatic rings. The van der Waals surface area contributed by atoms with E-state index in [-0.39, 0.29) is 12.5 Å². The molecule has 0 saturated heterocycles. The summed E-state index contributed by atoms with van der Waals surface area (Å²) in [7, 11) is 0. The highest BCUT2D eigenvalue weighted by Crippen LogP contribution is 2.26. The number of aliphatic hydroxyl groups is 1. The summed E-state index contributed by atoms with van der Waals surface area (Å²) in [4.78, 5) is 13.9. The van der Waals surface area contributed by atoms with Gasteiger partial charge in [-0.1, -0.05) is 18.2 Å². The highest BCUT2D eigenvalue weighted by atomic mass is 16.5. The number of carbonyl (C=O) groups is 1. The first-order valence-corrected chi connectivity index (χ1v) is 6.40. The Labute approximate surface area is 107 Å². The normalized spacial score (nSPS) is 15.4. The lowest BCUT2D eigenvalue weighted by Crippen LogP contribution is -2.33. The quantitative estimate of drug-likeness (QED) is 0.802. The van der Waals surface area contributed by atoms with Crippen molar-refractivity contribution in [3.63, 3.8) is 0 Å². The molecule has 2 rings (SSSR count). The Hall–Kier alpha value is -1.39. The number of anilines is 1. The van der Waals surface area contributed by atoms with Crippen LogP contribution in [0.1, 0.15) is 18.4 Å². The molecule has 4 nitrogen and oxygen atoms in total. The van der Waals surface area contributed by atoms with Gasteiger partial charge in [0.25, 0.3) is 0 Å². The van der Waals surface area contributed by atoms with Gasteiger partial charge in [0.2, 0.25) is 5.91 Å². The monoisotopic (exact) mass is 249 g/mol. The van der Waals surface area contributed by atoms with E-state index in [1.54, 1.807) is 4.90 Å². The van der Waals surface area contributed by atoms with E-state index < -0.39 is 0 Å². The van der Waals surface area contributed by atoms with Crippen LogP contribution in [0.5, 0.6) is 0 Å². The Bertz CT molecular complexity index is 406. The minimum Gasteiger partial charge on any atom is -0.394 e. The Morgan fingerprint density at radius 2 is 2.06 bits per heavy atom. The fourth-order valence-electron chi connectivity index (χ4n) is 2.25. The maximum atomic E-state index is 12.1. The van der Waals surface area contributed by atoms with Crippen LogP contribution < -0.4 is 4.90 Å². The highest BCUT2D eigenvalue weighted by molar-refractivity contribution is 5.94. The van der Waals surface area contributed by atoms with Gasteiger partial charge in [-0.2, -0.15) is 0 Å². The van der Waals surface area contributed by atoms with Gasteiger partial charge in [0.15, 0.2) is 0 Å². The molecule has 0 unspecified atom stereocenters. The molecule has 0 atom stereocenters. The van der Waals surface area contributed by atoms with Gasteiger partial charge in [0.05, 0.1) is 19.8 Å². The summed E-state index contributed by atoms with van der Waals surface area (Å²) in [6.45, 7) is 1.35. The van der Waals surface area contributed by atoms with Crippen LogP contribution in [-0.2, 0) is 16.0 Å². The van der Waals surface area contributed by atoms with Gasteiger partial charge in [0, 0.05) is 18.7 Å². The van der Waals surface area contributed by atoms with E-state index >= 15 is 0 Å². The number of para-hydroxylation sites is 1. The predicted octanol–water partition coefficient (Wildman–Crippen LogP) is 1.36. The Morgan fingerprint density at radius 1 is 1.22 bits per heavy atom. The number of nitrogens with zero attached hydrogens (tertiary/aromatic N) is 1. The van der Waals surface area contributed by atoms with E-state index in [1.807, 2.05) is 18.2 Å². The second kappa shape index (κ2) is 6.52. The number of amides is 1. The van der Waals surface area contributed by atoms with E-state index in [1.165, 1.54) is 5.56 Å². The lowest BCUT2D eigenvalue weighted by Gasteiger charge is -2.22. The van der Waals surface area contributed by atoms with Crippen LogP contribution in [0.2, 0.25) is 0 Å². The second-order valence-corrected chi connectivity index (χ2v) is 4.36. The SMILES string of the molecule is O=C1CCCc2ccccc2N1CCOCCO. The summed E-state index contributed by atoms with van der Waals surface area (Å²) in [5.74, 6) is 0.160. The van der Waals surface area contributed by atoms with E-state index in [2.05, 4.69) is 6.07 Å². The molecule has 0 radical (unpaired) electrons. The van der Waals surface area contributed by atoms with Crippen LogP contribution >= 0.6 is 0 Å². The zero-order valence-electron chi connectivity index (χ0n) is 10.5. The summed E-state index contributed by atoms with van der Waals surface area (Å²) >= 11 is 0. The Balaban J connectivity index is 2.08. The van der Waals surface area contributed by atoms with Crippen molar-refractivity contribution in [1.29, 1.82) is 0 Å². The molecule has 1 aliphatic heterocycles. The molecule has 4 heteroatoms. The molecule has 1 N–H and O–H groups in total. The number of ether oxygens (including phenoxy) is 1. The number of aliphatic hydroxyl groups excluding tert-OH is 1. The summed E-state index contributed by atoms with van der Waals surface area (Å²) in [6, 6.07) is 8.04. The first kappa shape index (κ1) is 13.1. The van der Waals surface area contributed by atoms with Crippen LogP contribution in [0.3, 0.4) is 0 Å². The zero-order chi connectivity index (χ0) is 12.8. The Morgan fingerprint density at radius 3 is 2.89 bits per heavy atom. The van der Waals surface area contributed by atoms with Crippen molar-refractivity contribution in [3.8, 4) is 0 Å². The van der Waals surface area contributed by atoms with Crippen LogP contribution in [0.4, 0.5) is 5.69 Å². The van der Waals surface area contributed by atoms with Crippen molar-refractivity contribution in [2.75, 3.05) is 31.3 Å². The van der Waals surface area contributed by atoms with Crippen LogP contribution in [0.15, 0.2) is 24.3 Å². The largest absolute Gasteiger partial charge is 0.394 e. The van der Waals surface area contributed by atoms with E-state index in [0.717, 1.165) is 18.5 Å². The lowest BCUT2D eigenvalue weighted by atomic mass is 10.1. The first-order chi connectivity index (χ1) is 8.83. The number of rotatable bonds is 5. The molecule has 0 aromatic heterocycles. The smallest absolute Gasteiger partial charge is 0.227 e. The molecule has 0 saturated carbocycles. The highest BCUT2D eigenvalue weighted by Gasteiger charge is 2.21. The fourth-order valence-corrected chi connectivity index (χ4v) is 2.25. The van der Waals surface area contributed by atoms with Gasteiger partial charge >= 0.3 is 0 Å². The van der Waals surface area contributed by atoms with Gasteiger partial charge in [-0.05, 0) is 24.5 Å². The molecule has 0 bridgehead atoms. The molecular weight excluding hydrogens is 230 g/mol. The van der Waals surface area contributed by atoms with Crippen molar-refractivity contribution < 1.29 is 14.6 Å². The molecule has 1 heterocycles. The van der Waals surface area contributed by atoms with Crippen molar-refractivity contribution in [1.82, 2.24) is 0 Å². The van der Waals surface area contributed by atoms with E-state index in [0.29, 0.717) is 26.2 Å². The van der Waals surface area contributed by atoms with Gasteiger partial charge < -0.3 is 14.7 Å². The molecule has 0 fully saturated rings. The van der Waals surface area contributed by atoms with E-state index in [9.17, 15) is 4.79 Å². The minimum atomic E-state index is 0.0184. The second-order valence-electron chi connectivity index (χ2n) is 4.36. The van der Waals surface area contributed by atoms with Crippen molar-refractivity contribution in [2.24, 2.45) is 0 Å². The zero-order valence-corrected chi connectivity index (χ0v) is 10.5. The lowest BCUT2D eigenvalue weighted by molar-refractivity contribution is -0.118. The van der Waals surface area contributed by atoms with Gasteiger partial charge in [-0.15, -0.1) is 0 Å². The molecule has 0 spiro atoms.